The summed E-state index contributed by atoms with van der Waals surface area (Å²) in [6, 6.07) is 6.43. The maximum absolute atomic E-state index is 12.8. The maximum Gasteiger partial charge on any atom is 0.410 e. The third kappa shape index (κ3) is 7.91. The molecule has 33 heavy (non-hydrogen) atoms. The number of hydrogen-bond acceptors (Lipinski definition) is 6. The summed E-state index contributed by atoms with van der Waals surface area (Å²) in [5.41, 5.74) is -0.264. The molecule has 0 radical (unpaired) electrons. The molecule has 182 valence electrons. The minimum Gasteiger partial charge on any atom is -0.462 e. The van der Waals surface area contributed by atoms with Gasteiger partial charge in [0.2, 0.25) is 0 Å². The molecule has 0 aromatic heterocycles. The van der Waals surface area contributed by atoms with E-state index in [1.165, 1.54) is 0 Å². The maximum atomic E-state index is 12.8. The Balaban J connectivity index is 2.40. The summed E-state index contributed by atoms with van der Waals surface area (Å²) in [6.07, 6.45) is 3.99. The predicted molar refractivity (Wildman–Crippen MR) is 127 cm³/mol. The largest absolute Gasteiger partial charge is 0.462 e. The van der Waals surface area contributed by atoms with Crippen molar-refractivity contribution in [1.82, 2.24) is 4.90 Å². The number of benzene rings is 1. The Morgan fingerprint density at radius 3 is 2.15 bits per heavy atom. The molecule has 1 fully saturated rings. The number of piperidine rings is 1. The van der Waals surface area contributed by atoms with Crippen molar-refractivity contribution in [1.29, 1.82) is 0 Å². The molecule has 7 heteroatoms. The molecule has 0 aliphatic carbocycles. The first-order valence-electron chi connectivity index (χ1n) is 11.5. The first-order chi connectivity index (χ1) is 15.3. The highest BCUT2D eigenvalue weighted by Crippen LogP contribution is 2.28. The molecule has 1 aliphatic heterocycles. The van der Waals surface area contributed by atoms with E-state index in [1.54, 1.807) is 56.9 Å². The van der Waals surface area contributed by atoms with E-state index in [2.05, 4.69) is 0 Å². The van der Waals surface area contributed by atoms with Gasteiger partial charge in [0.15, 0.2) is 0 Å². The van der Waals surface area contributed by atoms with Crippen molar-refractivity contribution in [2.24, 2.45) is 5.41 Å². The normalized spacial score (nSPS) is 17.4. The minimum atomic E-state index is -0.707. The number of nitrogens with zero attached hydrogens (tertiary/aromatic N) is 1. The Morgan fingerprint density at radius 1 is 1.00 bits per heavy atom. The molecule has 0 N–H and O–H groups in total. The molecule has 0 bridgehead atoms. The van der Waals surface area contributed by atoms with E-state index in [0.717, 1.165) is 19.3 Å². The van der Waals surface area contributed by atoms with Gasteiger partial charge in [0.05, 0.1) is 23.6 Å². The van der Waals surface area contributed by atoms with Gasteiger partial charge in [0.25, 0.3) is 0 Å². The van der Waals surface area contributed by atoms with Crippen molar-refractivity contribution in [2.45, 2.75) is 79.4 Å². The lowest BCUT2D eigenvalue weighted by atomic mass is 9.97. The summed E-state index contributed by atoms with van der Waals surface area (Å²) in [5, 5.41) is 0. The molecule has 1 aromatic carbocycles. The van der Waals surface area contributed by atoms with Crippen LogP contribution < -0.4 is 0 Å². The number of amides is 1. The molecule has 1 heterocycles. The molecular formula is C26H37NO6. The first kappa shape index (κ1) is 26.4. The Labute approximate surface area is 197 Å². The Morgan fingerprint density at radius 2 is 1.61 bits per heavy atom. The van der Waals surface area contributed by atoms with Crippen LogP contribution in [0.3, 0.4) is 0 Å². The zero-order valence-electron chi connectivity index (χ0n) is 20.9. The van der Waals surface area contributed by atoms with Crippen LogP contribution in [0, 0.1) is 5.41 Å². The fourth-order valence-electron chi connectivity index (χ4n) is 3.28. The van der Waals surface area contributed by atoms with Crippen LogP contribution in [0.5, 0.6) is 0 Å². The monoisotopic (exact) mass is 459 g/mol. The number of hydrogen-bond donors (Lipinski definition) is 0. The lowest BCUT2D eigenvalue weighted by Crippen LogP contribution is -2.45. The van der Waals surface area contributed by atoms with Crippen molar-refractivity contribution in [3.05, 3.63) is 41.5 Å². The summed E-state index contributed by atoms with van der Waals surface area (Å²) >= 11 is 0. The van der Waals surface area contributed by atoms with Gasteiger partial charge < -0.3 is 19.1 Å². The summed E-state index contributed by atoms with van der Waals surface area (Å²) in [5.74, 6) is -0.446. The van der Waals surface area contributed by atoms with Gasteiger partial charge in [-0.3, -0.25) is 4.79 Å². The van der Waals surface area contributed by atoms with Gasteiger partial charge in [-0.15, -0.1) is 0 Å². The fraction of sp³-hybridized carbons (Fsp3) is 0.577. The molecule has 1 amide bonds. The van der Waals surface area contributed by atoms with Crippen LogP contribution in [-0.4, -0.2) is 47.7 Å². The third-order valence-corrected chi connectivity index (χ3v) is 5.02. The summed E-state index contributed by atoms with van der Waals surface area (Å²) in [4.78, 5) is 39.2. The van der Waals surface area contributed by atoms with Crippen LogP contribution in [0.25, 0.3) is 5.76 Å². The van der Waals surface area contributed by atoms with Crippen LogP contribution in [-0.2, 0) is 19.0 Å². The number of rotatable bonds is 5. The zero-order valence-corrected chi connectivity index (χ0v) is 20.9. The number of esters is 2. The third-order valence-electron chi connectivity index (χ3n) is 5.02. The van der Waals surface area contributed by atoms with Crippen molar-refractivity contribution >= 4 is 23.8 Å². The Hall–Kier alpha value is -2.83. The molecular weight excluding hydrogens is 422 g/mol. The zero-order chi connectivity index (χ0) is 24.8. The van der Waals surface area contributed by atoms with E-state index >= 15 is 0 Å². The van der Waals surface area contributed by atoms with E-state index < -0.39 is 17.0 Å². The second kappa shape index (κ2) is 10.9. The van der Waals surface area contributed by atoms with Crippen LogP contribution >= 0.6 is 0 Å². The minimum absolute atomic E-state index is 0.277. The average Bonchev–Trinajstić information content (AvgIpc) is 2.72. The van der Waals surface area contributed by atoms with E-state index in [-0.39, 0.29) is 24.7 Å². The standard InChI is InChI=1S/C26H37NO6/c1-8-31-22(28)19-14-12-18(13-15-19)21(32-23(29)25(2,3)4)17-20-11-9-10-16-27(20)24(30)33-26(5,6)7/h12-15,17,20H,8-11,16H2,1-7H3/b21-17+. The quantitative estimate of drug-likeness (QED) is 0.325. The lowest BCUT2D eigenvalue weighted by Gasteiger charge is -2.35. The molecule has 1 aliphatic rings. The van der Waals surface area contributed by atoms with Crippen molar-refractivity contribution in [2.75, 3.05) is 13.2 Å². The SMILES string of the molecule is CCOC(=O)c1ccc(/C(=C\C2CCCCN2C(=O)OC(C)(C)C)OC(=O)C(C)(C)C)cc1. The van der Waals surface area contributed by atoms with Gasteiger partial charge in [-0.05, 0) is 85.9 Å². The van der Waals surface area contributed by atoms with Gasteiger partial charge in [0, 0.05) is 12.1 Å². The van der Waals surface area contributed by atoms with E-state index in [1.807, 2.05) is 26.8 Å². The predicted octanol–water partition coefficient (Wildman–Crippen LogP) is 5.58. The van der Waals surface area contributed by atoms with Crippen LogP contribution in [0.15, 0.2) is 30.3 Å². The van der Waals surface area contributed by atoms with Crippen molar-refractivity contribution in [3.8, 4) is 0 Å². The van der Waals surface area contributed by atoms with Crippen LogP contribution in [0.1, 0.15) is 83.7 Å². The van der Waals surface area contributed by atoms with Crippen molar-refractivity contribution in [3.63, 3.8) is 0 Å². The van der Waals surface area contributed by atoms with Gasteiger partial charge in [-0.1, -0.05) is 12.1 Å². The molecule has 0 spiro atoms. The second-order valence-electron chi connectivity index (χ2n) is 10.2. The molecule has 1 atom stereocenters. The highest BCUT2D eigenvalue weighted by molar-refractivity contribution is 5.90. The summed E-state index contributed by atoms with van der Waals surface area (Å²) in [7, 11) is 0. The van der Waals surface area contributed by atoms with Crippen LogP contribution in [0.4, 0.5) is 4.79 Å². The fourth-order valence-corrected chi connectivity index (χ4v) is 3.28. The molecule has 1 aromatic rings. The topological polar surface area (TPSA) is 82.1 Å². The van der Waals surface area contributed by atoms with Crippen molar-refractivity contribution < 1.29 is 28.6 Å². The first-order valence-corrected chi connectivity index (χ1v) is 11.5. The highest BCUT2D eigenvalue weighted by atomic mass is 16.6. The smallest absolute Gasteiger partial charge is 0.410 e. The number of carbonyl (C=O) groups excluding carboxylic acids is 3. The van der Waals surface area contributed by atoms with E-state index in [0.29, 0.717) is 23.4 Å². The van der Waals surface area contributed by atoms with Gasteiger partial charge in [-0.25, -0.2) is 9.59 Å². The van der Waals surface area contributed by atoms with E-state index in [4.69, 9.17) is 14.2 Å². The molecule has 2 rings (SSSR count). The lowest BCUT2D eigenvalue weighted by molar-refractivity contribution is -0.145. The Bertz CT molecular complexity index is 874. The summed E-state index contributed by atoms with van der Waals surface area (Å²) < 4.78 is 16.4. The molecule has 1 unspecified atom stereocenters. The molecule has 7 nitrogen and oxygen atoms in total. The van der Waals surface area contributed by atoms with Gasteiger partial charge in [-0.2, -0.15) is 0 Å². The summed E-state index contributed by atoms with van der Waals surface area (Å²) in [6.45, 7) is 13.5. The van der Waals surface area contributed by atoms with Gasteiger partial charge in [0.1, 0.15) is 11.4 Å². The number of ether oxygens (including phenoxy) is 3. The highest BCUT2D eigenvalue weighted by Gasteiger charge is 2.31. The Kier molecular flexibility index (Phi) is 8.69. The van der Waals surface area contributed by atoms with E-state index in [9.17, 15) is 14.4 Å². The van der Waals surface area contributed by atoms with Crippen LogP contribution in [0.2, 0.25) is 0 Å². The number of likely N-dealkylation sites (tertiary alicyclic amines) is 1. The molecule has 0 saturated carbocycles. The number of carbonyl (C=O) groups is 3. The second-order valence-corrected chi connectivity index (χ2v) is 10.2. The van der Waals surface area contributed by atoms with Gasteiger partial charge >= 0.3 is 18.0 Å². The molecule has 1 saturated heterocycles. The average molecular weight is 460 g/mol.